The monoisotopic (exact) mass is 313 g/mol. The number of ether oxygens (including phenoxy) is 2. The lowest BCUT2D eigenvalue weighted by atomic mass is 10.0. The highest BCUT2D eigenvalue weighted by Gasteiger charge is 2.34. The van der Waals surface area contributed by atoms with Crippen molar-refractivity contribution in [1.82, 2.24) is 4.90 Å². The molecule has 0 saturated carbocycles. The normalized spacial score (nSPS) is 17.7. The Hall–Kier alpha value is -1.85. The Bertz CT molecular complexity index is 576. The van der Waals surface area contributed by atoms with E-state index >= 15 is 0 Å². The van der Waals surface area contributed by atoms with Gasteiger partial charge in [-0.1, -0.05) is 12.1 Å². The van der Waals surface area contributed by atoms with Crippen molar-refractivity contribution in [3.8, 4) is 5.75 Å². The van der Waals surface area contributed by atoms with E-state index in [1.54, 1.807) is 33.9 Å². The Morgan fingerprint density at radius 3 is 2.50 bits per heavy atom. The lowest BCUT2D eigenvalue weighted by Crippen LogP contribution is -2.37. The largest absolute Gasteiger partial charge is 0.491 e. The molecule has 0 spiro atoms. The smallest absolute Gasteiger partial charge is 0.410 e. The van der Waals surface area contributed by atoms with Gasteiger partial charge in [-0.25, -0.2) is 13.6 Å². The summed E-state index contributed by atoms with van der Waals surface area (Å²) in [6, 6.07) is 3.94. The minimum absolute atomic E-state index is 0.105. The summed E-state index contributed by atoms with van der Waals surface area (Å²) >= 11 is 0. The van der Waals surface area contributed by atoms with Gasteiger partial charge in [-0.3, -0.25) is 0 Å². The molecule has 1 aliphatic rings. The maximum Gasteiger partial charge on any atom is 0.410 e. The van der Waals surface area contributed by atoms with E-state index in [9.17, 15) is 13.6 Å². The molecule has 1 aromatic rings. The van der Waals surface area contributed by atoms with Gasteiger partial charge in [-0.2, -0.15) is 0 Å². The second-order valence-electron chi connectivity index (χ2n) is 6.56. The maximum atomic E-state index is 13.4. The zero-order valence-electron chi connectivity index (χ0n) is 13.4. The number of hydrogen-bond acceptors (Lipinski definition) is 3. The lowest BCUT2D eigenvalue weighted by Gasteiger charge is -2.28. The lowest BCUT2D eigenvalue weighted by molar-refractivity contribution is 0.0171. The van der Waals surface area contributed by atoms with Gasteiger partial charge in [0.15, 0.2) is 0 Å². The fraction of sp³-hybridized carbons (Fsp3) is 0.562. The highest BCUT2D eigenvalue weighted by molar-refractivity contribution is 5.69. The van der Waals surface area contributed by atoms with Crippen LogP contribution in [0.4, 0.5) is 13.6 Å². The van der Waals surface area contributed by atoms with Gasteiger partial charge < -0.3 is 14.4 Å². The second-order valence-corrected chi connectivity index (χ2v) is 6.56. The third kappa shape index (κ3) is 3.48. The molecule has 0 bridgehead atoms. The van der Waals surface area contributed by atoms with Crippen molar-refractivity contribution in [3.05, 3.63) is 29.3 Å². The van der Waals surface area contributed by atoms with Crippen molar-refractivity contribution in [2.75, 3.05) is 13.7 Å². The Kier molecular flexibility index (Phi) is 4.06. The van der Waals surface area contributed by atoms with Crippen molar-refractivity contribution in [2.45, 2.75) is 45.3 Å². The van der Waals surface area contributed by atoms with Crippen LogP contribution in [0.2, 0.25) is 0 Å². The van der Waals surface area contributed by atoms with E-state index in [0.717, 1.165) is 6.92 Å². The summed E-state index contributed by atoms with van der Waals surface area (Å²) in [5, 5.41) is 0. The molecule has 1 aromatic carbocycles. The van der Waals surface area contributed by atoms with Crippen LogP contribution in [-0.2, 0) is 10.7 Å². The summed E-state index contributed by atoms with van der Waals surface area (Å²) in [6.07, 6.45) is -0.473. The standard InChI is InChI=1S/C16H21F2NO3/c1-15(2,3)22-14(20)19(5)12-9-21-13-8-10(16(4,17)18)6-7-11(12)13/h6-8,12H,9H2,1-5H3/t12-/m1/s1. The topological polar surface area (TPSA) is 38.8 Å². The van der Waals surface area contributed by atoms with E-state index in [1.165, 1.54) is 17.0 Å². The molecule has 1 amide bonds. The second kappa shape index (κ2) is 5.41. The predicted octanol–water partition coefficient (Wildman–Crippen LogP) is 4.10. The van der Waals surface area contributed by atoms with E-state index in [-0.39, 0.29) is 18.2 Å². The first kappa shape index (κ1) is 16.5. The number of likely N-dealkylation sites (N-methyl/N-ethyl adjacent to an activating group) is 1. The van der Waals surface area contributed by atoms with Gasteiger partial charge in [0.2, 0.25) is 0 Å². The molecule has 0 fully saturated rings. The van der Waals surface area contributed by atoms with Crippen molar-refractivity contribution < 1.29 is 23.0 Å². The average molecular weight is 313 g/mol. The number of rotatable bonds is 2. The fourth-order valence-corrected chi connectivity index (χ4v) is 2.25. The van der Waals surface area contributed by atoms with Crippen LogP contribution >= 0.6 is 0 Å². The van der Waals surface area contributed by atoms with Crippen LogP contribution in [-0.4, -0.2) is 30.2 Å². The molecule has 1 heterocycles. The Morgan fingerprint density at radius 1 is 1.32 bits per heavy atom. The first-order valence-electron chi connectivity index (χ1n) is 7.10. The molecule has 1 atom stereocenters. The molecule has 0 radical (unpaired) electrons. The number of nitrogens with zero attached hydrogens (tertiary/aromatic N) is 1. The van der Waals surface area contributed by atoms with Gasteiger partial charge >= 0.3 is 6.09 Å². The van der Waals surface area contributed by atoms with Crippen LogP contribution in [0.5, 0.6) is 5.75 Å². The predicted molar refractivity (Wildman–Crippen MR) is 78.2 cm³/mol. The van der Waals surface area contributed by atoms with E-state index in [2.05, 4.69) is 0 Å². The highest BCUT2D eigenvalue weighted by Crippen LogP contribution is 2.39. The minimum atomic E-state index is -2.92. The van der Waals surface area contributed by atoms with Crippen molar-refractivity contribution in [2.24, 2.45) is 0 Å². The molecule has 1 aliphatic heterocycles. The van der Waals surface area contributed by atoms with Crippen molar-refractivity contribution in [3.63, 3.8) is 0 Å². The molecule has 22 heavy (non-hydrogen) atoms. The van der Waals surface area contributed by atoms with E-state index < -0.39 is 17.6 Å². The van der Waals surface area contributed by atoms with E-state index in [0.29, 0.717) is 11.3 Å². The average Bonchev–Trinajstić information content (AvgIpc) is 2.77. The summed E-state index contributed by atoms with van der Waals surface area (Å²) < 4.78 is 37.5. The van der Waals surface area contributed by atoms with Gasteiger partial charge in [-0.05, 0) is 26.8 Å². The molecule has 2 rings (SSSR count). The van der Waals surface area contributed by atoms with Crippen LogP contribution < -0.4 is 4.74 Å². The van der Waals surface area contributed by atoms with Crippen LogP contribution in [0.3, 0.4) is 0 Å². The van der Waals surface area contributed by atoms with Gasteiger partial charge in [0.1, 0.15) is 18.0 Å². The molecule has 0 aliphatic carbocycles. The van der Waals surface area contributed by atoms with Crippen LogP contribution in [0.15, 0.2) is 18.2 Å². The van der Waals surface area contributed by atoms with E-state index in [4.69, 9.17) is 9.47 Å². The number of amides is 1. The summed E-state index contributed by atoms with van der Waals surface area (Å²) in [5.41, 5.74) is 0.00932. The molecule has 0 unspecified atom stereocenters. The first-order valence-corrected chi connectivity index (χ1v) is 7.10. The number of fused-ring (bicyclic) bond motifs is 1. The summed E-state index contributed by atoms with van der Waals surface area (Å²) in [7, 11) is 1.61. The Balaban J connectivity index is 2.20. The van der Waals surface area contributed by atoms with Crippen LogP contribution in [0, 0.1) is 0 Å². The van der Waals surface area contributed by atoms with Gasteiger partial charge in [0.05, 0.1) is 6.04 Å². The van der Waals surface area contributed by atoms with Crippen LogP contribution in [0.1, 0.15) is 44.9 Å². The third-order valence-corrected chi connectivity index (χ3v) is 3.43. The number of carbonyl (C=O) groups is 1. The third-order valence-electron chi connectivity index (χ3n) is 3.43. The number of halogens is 2. The molecular weight excluding hydrogens is 292 g/mol. The SMILES string of the molecule is CN(C(=O)OC(C)(C)C)[C@@H]1COc2cc(C(C)(F)F)ccc21. The van der Waals surface area contributed by atoms with Crippen molar-refractivity contribution in [1.29, 1.82) is 0 Å². The zero-order valence-corrected chi connectivity index (χ0v) is 13.4. The number of hydrogen-bond donors (Lipinski definition) is 0. The molecule has 0 aromatic heterocycles. The van der Waals surface area contributed by atoms with Gasteiger partial charge in [-0.15, -0.1) is 0 Å². The molecule has 4 nitrogen and oxygen atoms in total. The summed E-state index contributed by atoms with van der Waals surface area (Å²) in [5.74, 6) is -2.53. The van der Waals surface area contributed by atoms with Gasteiger partial charge in [0.25, 0.3) is 5.92 Å². The molecule has 0 saturated heterocycles. The van der Waals surface area contributed by atoms with E-state index in [1.807, 2.05) is 0 Å². The highest BCUT2D eigenvalue weighted by atomic mass is 19.3. The van der Waals surface area contributed by atoms with Gasteiger partial charge in [0, 0.05) is 25.1 Å². The quantitative estimate of drug-likeness (QED) is 0.825. The zero-order chi connectivity index (χ0) is 16.7. The number of alkyl halides is 2. The summed E-state index contributed by atoms with van der Waals surface area (Å²) in [6.45, 7) is 6.42. The fourth-order valence-electron chi connectivity index (χ4n) is 2.25. The molecular formula is C16H21F2NO3. The Morgan fingerprint density at radius 2 is 1.95 bits per heavy atom. The number of carbonyl (C=O) groups excluding carboxylic acids is 1. The Labute approximate surface area is 129 Å². The molecule has 0 N–H and O–H groups in total. The number of benzene rings is 1. The first-order chi connectivity index (χ1) is 9.99. The summed E-state index contributed by atoms with van der Waals surface area (Å²) in [4.78, 5) is 13.5. The molecule has 122 valence electrons. The molecule has 6 heteroatoms. The van der Waals surface area contributed by atoms with Crippen LogP contribution in [0.25, 0.3) is 0 Å². The van der Waals surface area contributed by atoms with Crippen molar-refractivity contribution >= 4 is 6.09 Å². The maximum absolute atomic E-state index is 13.4. The minimum Gasteiger partial charge on any atom is -0.491 e.